The van der Waals surface area contributed by atoms with Crippen LogP contribution in [-0.2, 0) is 4.79 Å². The number of carbonyl (C=O) groups excluding carboxylic acids is 2. The van der Waals surface area contributed by atoms with Gasteiger partial charge in [-0.2, -0.15) is 0 Å². The maximum Gasteiger partial charge on any atom is 0.253 e. The SMILES string of the molecule is CCCCC(=O)Nc1ccc(N2CCN(c3ccccc3OC)CC2)c(C(=O)NC(C)C)c1. The molecule has 1 aliphatic rings. The van der Waals surface area contributed by atoms with Gasteiger partial charge in [-0.05, 0) is 50.6 Å². The summed E-state index contributed by atoms with van der Waals surface area (Å²) in [4.78, 5) is 29.8. The molecule has 1 aliphatic heterocycles. The van der Waals surface area contributed by atoms with Crippen molar-refractivity contribution in [3.8, 4) is 5.75 Å². The first kappa shape index (κ1) is 24.4. The van der Waals surface area contributed by atoms with Crippen molar-refractivity contribution in [1.29, 1.82) is 0 Å². The minimum Gasteiger partial charge on any atom is -0.495 e. The Morgan fingerprint density at radius 1 is 1.00 bits per heavy atom. The summed E-state index contributed by atoms with van der Waals surface area (Å²) >= 11 is 0. The normalized spacial score (nSPS) is 13.7. The second kappa shape index (κ2) is 11.6. The number of nitrogens with zero attached hydrogens (tertiary/aromatic N) is 2. The molecule has 0 aliphatic carbocycles. The van der Waals surface area contributed by atoms with Crippen molar-refractivity contribution in [2.45, 2.75) is 46.1 Å². The third kappa shape index (κ3) is 6.40. The summed E-state index contributed by atoms with van der Waals surface area (Å²) in [7, 11) is 1.69. The van der Waals surface area contributed by atoms with Gasteiger partial charge < -0.3 is 25.2 Å². The molecule has 2 aromatic carbocycles. The van der Waals surface area contributed by atoms with Gasteiger partial charge in [0.2, 0.25) is 5.91 Å². The highest BCUT2D eigenvalue weighted by Gasteiger charge is 2.24. The zero-order chi connectivity index (χ0) is 23.8. The van der Waals surface area contributed by atoms with Gasteiger partial charge in [-0.3, -0.25) is 9.59 Å². The van der Waals surface area contributed by atoms with Crippen LogP contribution in [0.15, 0.2) is 42.5 Å². The minimum absolute atomic E-state index is 0.0229. The van der Waals surface area contributed by atoms with Gasteiger partial charge >= 0.3 is 0 Å². The monoisotopic (exact) mass is 452 g/mol. The molecule has 1 fully saturated rings. The summed E-state index contributed by atoms with van der Waals surface area (Å²) in [5.74, 6) is 0.716. The number of para-hydroxylation sites is 2. The molecule has 0 radical (unpaired) electrons. The van der Waals surface area contributed by atoms with E-state index in [1.54, 1.807) is 13.2 Å². The minimum atomic E-state index is -0.128. The van der Waals surface area contributed by atoms with Gasteiger partial charge in [0.15, 0.2) is 0 Å². The standard InChI is InChI=1S/C26H36N4O3/c1-5-6-11-25(31)28-20-12-13-22(21(18-20)26(32)27-19(2)3)29-14-16-30(17-15-29)23-9-7-8-10-24(23)33-4/h7-10,12-13,18-19H,5-6,11,14-17H2,1-4H3,(H,27,32)(H,28,31). The number of rotatable bonds is 9. The molecular formula is C26H36N4O3. The van der Waals surface area contributed by atoms with E-state index in [2.05, 4.69) is 33.4 Å². The topological polar surface area (TPSA) is 73.9 Å². The number of nitrogens with one attached hydrogen (secondary N) is 2. The van der Waals surface area contributed by atoms with Crippen molar-refractivity contribution >= 4 is 28.9 Å². The van der Waals surface area contributed by atoms with E-state index in [1.165, 1.54) is 0 Å². The molecule has 178 valence electrons. The first-order valence-corrected chi connectivity index (χ1v) is 11.8. The van der Waals surface area contributed by atoms with E-state index in [1.807, 2.05) is 44.2 Å². The van der Waals surface area contributed by atoms with E-state index >= 15 is 0 Å². The highest BCUT2D eigenvalue weighted by atomic mass is 16.5. The van der Waals surface area contributed by atoms with Crippen molar-refractivity contribution in [2.24, 2.45) is 0 Å². The molecule has 0 saturated carbocycles. The molecule has 2 N–H and O–H groups in total. The quantitative estimate of drug-likeness (QED) is 0.594. The second-order valence-electron chi connectivity index (χ2n) is 8.66. The molecule has 0 aromatic heterocycles. The summed E-state index contributed by atoms with van der Waals surface area (Å²) in [6.45, 7) is 9.15. The largest absolute Gasteiger partial charge is 0.495 e. The number of carbonyl (C=O) groups is 2. The molecule has 0 unspecified atom stereocenters. The number of piperazine rings is 1. The lowest BCUT2D eigenvalue weighted by Gasteiger charge is -2.38. The van der Waals surface area contributed by atoms with Crippen LogP contribution in [0.5, 0.6) is 5.75 Å². The number of hydrogen-bond donors (Lipinski definition) is 2. The number of ether oxygens (including phenoxy) is 1. The van der Waals surface area contributed by atoms with Crippen LogP contribution in [0, 0.1) is 0 Å². The van der Waals surface area contributed by atoms with Crippen molar-refractivity contribution in [2.75, 3.05) is 48.4 Å². The Kier molecular flexibility index (Phi) is 8.58. The van der Waals surface area contributed by atoms with Gasteiger partial charge in [-0.25, -0.2) is 0 Å². The van der Waals surface area contributed by atoms with Gasteiger partial charge in [0.05, 0.1) is 18.4 Å². The zero-order valence-electron chi connectivity index (χ0n) is 20.2. The number of hydrogen-bond acceptors (Lipinski definition) is 5. The van der Waals surface area contributed by atoms with Gasteiger partial charge in [0.25, 0.3) is 5.91 Å². The van der Waals surface area contributed by atoms with Gasteiger partial charge in [0.1, 0.15) is 5.75 Å². The summed E-state index contributed by atoms with van der Waals surface area (Å²) in [5.41, 5.74) is 3.21. The lowest BCUT2D eigenvalue weighted by Crippen LogP contribution is -2.47. The van der Waals surface area contributed by atoms with Crippen LogP contribution in [0.1, 0.15) is 50.4 Å². The van der Waals surface area contributed by atoms with Crippen LogP contribution in [-0.4, -0.2) is 51.1 Å². The molecule has 7 heteroatoms. The number of methoxy groups -OCH3 is 1. The predicted octanol–water partition coefficient (Wildman–Crippen LogP) is 4.29. The molecule has 2 amide bonds. The Balaban J connectivity index is 1.78. The van der Waals surface area contributed by atoms with E-state index in [9.17, 15) is 9.59 Å². The molecule has 33 heavy (non-hydrogen) atoms. The van der Waals surface area contributed by atoms with Gasteiger partial charge in [-0.15, -0.1) is 0 Å². The van der Waals surface area contributed by atoms with Gasteiger partial charge in [-0.1, -0.05) is 25.5 Å². The van der Waals surface area contributed by atoms with Crippen LogP contribution >= 0.6 is 0 Å². The van der Waals surface area contributed by atoms with Crippen LogP contribution in [0.2, 0.25) is 0 Å². The third-order valence-corrected chi connectivity index (χ3v) is 5.75. The van der Waals surface area contributed by atoms with Crippen LogP contribution < -0.4 is 25.2 Å². The van der Waals surface area contributed by atoms with Crippen molar-refractivity contribution in [1.82, 2.24) is 5.32 Å². The van der Waals surface area contributed by atoms with Crippen molar-refractivity contribution < 1.29 is 14.3 Å². The molecule has 0 bridgehead atoms. The average Bonchev–Trinajstić information content (AvgIpc) is 2.82. The Labute approximate surface area is 197 Å². The maximum atomic E-state index is 13.0. The fourth-order valence-electron chi connectivity index (χ4n) is 4.05. The Hall–Kier alpha value is -3.22. The Bertz CT molecular complexity index is 952. The summed E-state index contributed by atoms with van der Waals surface area (Å²) in [6.07, 6.45) is 2.30. The fraction of sp³-hybridized carbons (Fsp3) is 0.462. The first-order valence-electron chi connectivity index (χ1n) is 11.8. The lowest BCUT2D eigenvalue weighted by molar-refractivity contribution is -0.116. The average molecular weight is 453 g/mol. The lowest BCUT2D eigenvalue weighted by atomic mass is 10.1. The summed E-state index contributed by atoms with van der Waals surface area (Å²) < 4.78 is 5.52. The highest BCUT2D eigenvalue weighted by Crippen LogP contribution is 2.31. The van der Waals surface area contributed by atoms with E-state index in [4.69, 9.17) is 4.74 Å². The van der Waals surface area contributed by atoms with Crippen LogP contribution in [0.3, 0.4) is 0 Å². The molecule has 7 nitrogen and oxygen atoms in total. The highest BCUT2D eigenvalue weighted by molar-refractivity contribution is 6.02. The number of benzene rings is 2. The summed E-state index contributed by atoms with van der Waals surface area (Å²) in [6, 6.07) is 13.7. The molecule has 1 heterocycles. The second-order valence-corrected chi connectivity index (χ2v) is 8.66. The van der Waals surface area contributed by atoms with Crippen molar-refractivity contribution in [3.63, 3.8) is 0 Å². The molecule has 0 atom stereocenters. The van der Waals surface area contributed by atoms with E-state index in [-0.39, 0.29) is 17.9 Å². The summed E-state index contributed by atoms with van der Waals surface area (Å²) in [5, 5.41) is 5.93. The molecule has 2 aromatic rings. The Morgan fingerprint density at radius 2 is 1.67 bits per heavy atom. The van der Waals surface area contributed by atoms with E-state index in [0.717, 1.165) is 56.1 Å². The Morgan fingerprint density at radius 3 is 2.30 bits per heavy atom. The molecule has 1 saturated heterocycles. The number of unbranched alkanes of at least 4 members (excludes halogenated alkanes) is 1. The first-order chi connectivity index (χ1) is 15.9. The fourth-order valence-corrected chi connectivity index (χ4v) is 4.05. The van der Waals surface area contributed by atoms with Crippen LogP contribution in [0.25, 0.3) is 0 Å². The van der Waals surface area contributed by atoms with Crippen LogP contribution in [0.4, 0.5) is 17.1 Å². The van der Waals surface area contributed by atoms with Crippen molar-refractivity contribution in [3.05, 3.63) is 48.0 Å². The van der Waals surface area contributed by atoms with E-state index < -0.39 is 0 Å². The predicted molar refractivity (Wildman–Crippen MR) is 135 cm³/mol. The molecule has 3 rings (SSSR count). The van der Waals surface area contributed by atoms with Gasteiger partial charge in [0, 0.05) is 50.0 Å². The third-order valence-electron chi connectivity index (χ3n) is 5.75. The number of amides is 2. The maximum absolute atomic E-state index is 13.0. The number of anilines is 3. The molecular weight excluding hydrogens is 416 g/mol. The zero-order valence-corrected chi connectivity index (χ0v) is 20.2. The van der Waals surface area contributed by atoms with E-state index in [0.29, 0.717) is 17.7 Å². The smallest absolute Gasteiger partial charge is 0.253 e. The molecule has 0 spiro atoms.